The van der Waals surface area contributed by atoms with Crippen LogP contribution in [-0.2, 0) is 4.79 Å². The molecular formula is C14H12FN3O2. The van der Waals surface area contributed by atoms with E-state index in [9.17, 15) is 14.0 Å². The van der Waals surface area contributed by atoms with Crippen LogP contribution >= 0.6 is 0 Å². The molecule has 102 valence electrons. The number of pyridine rings is 1. The molecule has 0 unspecified atom stereocenters. The molecule has 6 heteroatoms. The van der Waals surface area contributed by atoms with Crippen LogP contribution in [0.4, 0.5) is 15.8 Å². The van der Waals surface area contributed by atoms with Crippen molar-refractivity contribution in [3.05, 3.63) is 54.1 Å². The van der Waals surface area contributed by atoms with Gasteiger partial charge in [-0.2, -0.15) is 4.39 Å². The summed E-state index contributed by atoms with van der Waals surface area (Å²) in [5.74, 6) is -1.19. The van der Waals surface area contributed by atoms with Crippen LogP contribution in [-0.4, -0.2) is 16.8 Å². The van der Waals surface area contributed by atoms with E-state index in [2.05, 4.69) is 15.6 Å². The van der Waals surface area contributed by atoms with Crippen molar-refractivity contribution in [2.24, 2.45) is 0 Å². The molecule has 0 aliphatic heterocycles. The largest absolute Gasteiger partial charge is 0.326 e. The first-order valence-corrected chi connectivity index (χ1v) is 5.85. The van der Waals surface area contributed by atoms with E-state index in [4.69, 9.17) is 0 Å². The van der Waals surface area contributed by atoms with Crippen LogP contribution in [0, 0.1) is 5.95 Å². The summed E-state index contributed by atoms with van der Waals surface area (Å²) in [6.07, 6.45) is 1.16. The van der Waals surface area contributed by atoms with E-state index in [1.54, 1.807) is 24.3 Å². The molecule has 2 N–H and O–H groups in total. The summed E-state index contributed by atoms with van der Waals surface area (Å²) in [5, 5.41) is 5.26. The summed E-state index contributed by atoms with van der Waals surface area (Å²) < 4.78 is 12.6. The molecule has 0 saturated carbocycles. The number of hydrogen-bond acceptors (Lipinski definition) is 3. The maximum Gasteiger partial charge on any atom is 0.257 e. The monoisotopic (exact) mass is 273 g/mol. The third kappa shape index (κ3) is 3.61. The number of benzene rings is 1. The highest BCUT2D eigenvalue weighted by atomic mass is 19.1. The van der Waals surface area contributed by atoms with Crippen LogP contribution in [0.15, 0.2) is 42.6 Å². The second kappa shape index (κ2) is 5.92. The van der Waals surface area contributed by atoms with Gasteiger partial charge in [-0.25, -0.2) is 4.98 Å². The van der Waals surface area contributed by atoms with E-state index >= 15 is 0 Å². The fraction of sp³-hybridized carbons (Fsp3) is 0.0714. The molecule has 0 spiro atoms. The first-order chi connectivity index (χ1) is 9.54. The van der Waals surface area contributed by atoms with Crippen LogP contribution in [0.3, 0.4) is 0 Å². The highest BCUT2D eigenvalue weighted by molar-refractivity contribution is 6.04. The summed E-state index contributed by atoms with van der Waals surface area (Å²) in [6, 6.07) is 9.11. The Morgan fingerprint density at radius 3 is 2.10 bits per heavy atom. The lowest BCUT2D eigenvalue weighted by Gasteiger charge is -2.06. The van der Waals surface area contributed by atoms with Gasteiger partial charge in [0.1, 0.15) is 0 Å². The molecule has 0 saturated heterocycles. The van der Waals surface area contributed by atoms with Gasteiger partial charge in [0.05, 0.1) is 5.56 Å². The van der Waals surface area contributed by atoms with E-state index < -0.39 is 5.95 Å². The Morgan fingerprint density at radius 2 is 1.60 bits per heavy atom. The van der Waals surface area contributed by atoms with Gasteiger partial charge >= 0.3 is 0 Å². The van der Waals surface area contributed by atoms with Crippen LogP contribution in [0.2, 0.25) is 0 Å². The minimum Gasteiger partial charge on any atom is -0.326 e. The molecule has 0 aliphatic rings. The van der Waals surface area contributed by atoms with Gasteiger partial charge in [-0.15, -0.1) is 0 Å². The Morgan fingerprint density at radius 1 is 1.00 bits per heavy atom. The topological polar surface area (TPSA) is 71.1 Å². The molecule has 0 atom stereocenters. The molecule has 5 nitrogen and oxygen atoms in total. The first kappa shape index (κ1) is 13.7. The molecule has 0 aliphatic carbocycles. The molecule has 20 heavy (non-hydrogen) atoms. The number of amides is 2. The molecule has 0 radical (unpaired) electrons. The van der Waals surface area contributed by atoms with Crippen molar-refractivity contribution in [2.75, 3.05) is 10.6 Å². The summed E-state index contributed by atoms with van der Waals surface area (Å²) >= 11 is 0. The van der Waals surface area contributed by atoms with Gasteiger partial charge in [0.15, 0.2) is 0 Å². The second-order valence-electron chi connectivity index (χ2n) is 4.08. The number of carbonyl (C=O) groups is 2. The molecule has 0 bridgehead atoms. The van der Waals surface area contributed by atoms with E-state index in [1.165, 1.54) is 13.0 Å². The maximum atomic E-state index is 12.6. The third-order valence-electron chi connectivity index (χ3n) is 2.45. The lowest BCUT2D eigenvalue weighted by atomic mass is 10.2. The minimum atomic E-state index is -0.638. The van der Waals surface area contributed by atoms with Gasteiger partial charge < -0.3 is 10.6 Å². The number of nitrogens with zero attached hydrogens (tertiary/aromatic N) is 1. The fourth-order valence-corrected chi connectivity index (χ4v) is 1.55. The van der Waals surface area contributed by atoms with Gasteiger partial charge in [-0.3, -0.25) is 9.59 Å². The quantitative estimate of drug-likeness (QED) is 0.844. The Balaban J connectivity index is 2.04. The Kier molecular flexibility index (Phi) is 4.05. The van der Waals surface area contributed by atoms with Crippen molar-refractivity contribution in [1.82, 2.24) is 4.98 Å². The molecule has 2 aromatic rings. The number of carbonyl (C=O) groups excluding carboxylic acids is 2. The summed E-state index contributed by atoms with van der Waals surface area (Å²) in [4.78, 5) is 26.1. The maximum absolute atomic E-state index is 12.6. The van der Waals surface area contributed by atoms with Crippen LogP contribution in [0.25, 0.3) is 0 Å². The van der Waals surface area contributed by atoms with Crippen molar-refractivity contribution >= 4 is 23.2 Å². The fourth-order valence-electron chi connectivity index (χ4n) is 1.55. The molecule has 1 aromatic heterocycles. The molecule has 1 heterocycles. The molecule has 2 rings (SSSR count). The van der Waals surface area contributed by atoms with E-state index in [1.807, 2.05) is 0 Å². The zero-order valence-electron chi connectivity index (χ0n) is 10.7. The van der Waals surface area contributed by atoms with E-state index in [0.717, 1.165) is 12.3 Å². The molecule has 2 amide bonds. The molecule has 0 fully saturated rings. The first-order valence-electron chi connectivity index (χ1n) is 5.85. The van der Waals surface area contributed by atoms with Gasteiger partial charge in [0.25, 0.3) is 5.91 Å². The predicted octanol–water partition coefficient (Wildman–Crippen LogP) is 2.43. The zero-order valence-corrected chi connectivity index (χ0v) is 10.7. The Labute approximate surface area is 114 Å². The van der Waals surface area contributed by atoms with E-state index in [0.29, 0.717) is 11.4 Å². The van der Waals surface area contributed by atoms with Gasteiger partial charge in [-0.1, -0.05) is 0 Å². The number of aromatic nitrogens is 1. The predicted molar refractivity (Wildman–Crippen MR) is 72.9 cm³/mol. The van der Waals surface area contributed by atoms with Crippen LogP contribution in [0.1, 0.15) is 17.3 Å². The number of nitrogens with one attached hydrogen (secondary N) is 2. The lowest BCUT2D eigenvalue weighted by molar-refractivity contribution is -0.114. The van der Waals surface area contributed by atoms with Crippen LogP contribution in [0.5, 0.6) is 0 Å². The standard InChI is InChI=1S/C14H12FN3O2/c1-9(19)17-11-3-5-12(6-4-11)18-14(20)10-2-7-13(15)16-8-10/h2-8H,1H3,(H,17,19)(H,18,20). The van der Waals surface area contributed by atoms with Crippen molar-refractivity contribution < 1.29 is 14.0 Å². The second-order valence-corrected chi connectivity index (χ2v) is 4.08. The smallest absolute Gasteiger partial charge is 0.257 e. The zero-order chi connectivity index (χ0) is 14.5. The van der Waals surface area contributed by atoms with Gasteiger partial charge in [-0.05, 0) is 36.4 Å². The molecule has 1 aromatic carbocycles. The number of halogens is 1. The number of hydrogen-bond donors (Lipinski definition) is 2. The number of anilines is 2. The van der Waals surface area contributed by atoms with Crippen LogP contribution < -0.4 is 10.6 Å². The summed E-state index contributed by atoms with van der Waals surface area (Å²) in [7, 11) is 0. The summed E-state index contributed by atoms with van der Waals surface area (Å²) in [6.45, 7) is 1.41. The highest BCUT2D eigenvalue weighted by Gasteiger charge is 2.06. The third-order valence-corrected chi connectivity index (χ3v) is 2.45. The number of rotatable bonds is 3. The lowest BCUT2D eigenvalue weighted by Crippen LogP contribution is -2.12. The van der Waals surface area contributed by atoms with Crippen molar-refractivity contribution in [1.29, 1.82) is 0 Å². The average Bonchev–Trinajstić information content (AvgIpc) is 2.41. The van der Waals surface area contributed by atoms with E-state index in [-0.39, 0.29) is 17.4 Å². The van der Waals surface area contributed by atoms with Gasteiger partial charge in [0, 0.05) is 24.5 Å². The summed E-state index contributed by atoms with van der Waals surface area (Å²) in [5.41, 5.74) is 1.46. The van der Waals surface area contributed by atoms with Crippen molar-refractivity contribution in [3.63, 3.8) is 0 Å². The van der Waals surface area contributed by atoms with Gasteiger partial charge in [0.2, 0.25) is 11.9 Å². The Bertz CT molecular complexity index is 624. The highest BCUT2D eigenvalue weighted by Crippen LogP contribution is 2.14. The SMILES string of the molecule is CC(=O)Nc1ccc(NC(=O)c2ccc(F)nc2)cc1. The van der Waals surface area contributed by atoms with Crippen molar-refractivity contribution in [2.45, 2.75) is 6.92 Å². The van der Waals surface area contributed by atoms with Crippen molar-refractivity contribution in [3.8, 4) is 0 Å². The molecular weight excluding hydrogens is 261 g/mol. The Hall–Kier alpha value is -2.76. The average molecular weight is 273 g/mol. The normalized spacial score (nSPS) is 9.90. The minimum absolute atomic E-state index is 0.167.